The highest BCUT2D eigenvalue weighted by Gasteiger charge is 2.21. The molecule has 0 atom stereocenters. The SMILES string of the molecule is O=C(NCC[NH+]1CCCCC1)C1CCCCC1. The Bertz CT molecular complexity index is 230. The van der Waals surface area contributed by atoms with Gasteiger partial charge in [-0.05, 0) is 32.1 Å². The van der Waals surface area contributed by atoms with Crippen molar-refractivity contribution in [1.29, 1.82) is 0 Å². The Hall–Kier alpha value is -0.570. The Morgan fingerprint density at radius 2 is 1.65 bits per heavy atom. The lowest BCUT2D eigenvalue weighted by Crippen LogP contribution is -3.13. The monoisotopic (exact) mass is 239 g/mol. The van der Waals surface area contributed by atoms with Crippen LogP contribution in [0.25, 0.3) is 0 Å². The molecule has 0 aromatic rings. The molecule has 3 heteroatoms. The molecule has 2 N–H and O–H groups in total. The normalized spacial score (nSPS) is 23.5. The molecule has 1 aliphatic heterocycles. The van der Waals surface area contributed by atoms with E-state index in [1.165, 1.54) is 51.6 Å². The Kier molecular flexibility index (Phi) is 5.30. The van der Waals surface area contributed by atoms with Gasteiger partial charge in [-0.15, -0.1) is 0 Å². The molecule has 98 valence electrons. The first-order valence-corrected chi connectivity index (χ1v) is 7.47. The number of hydrogen-bond donors (Lipinski definition) is 2. The van der Waals surface area contributed by atoms with E-state index in [2.05, 4.69) is 5.32 Å². The van der Waals surface area contributed by atoms with E-state index < -0.39 is 0 Å². The lowest BCUT2D eigenvalue weighted by atomic mass is 9.89. The van der Waals surface area contributed by atoms with Crippen LogP contribution in [0.15, 0.2) is 0 Å². The summed E-state index contributed by atoms with van der Waals surface area (Å²) in [5.74, 6) is 0.640. The number of nitrogens with one attached hydrogen (secondary N) is 2. The van der Waals surface area contributed by atoms with Crippen LogP contribution in [0, 0.1) is 5.92 Å². The molecule has 2 aliphatic rings. The molecule has 1 amide bonds. The molecule has 1 saturated heterocycles. The standard InChI is InChI=1S/C14H26N2O/c17-14(13-7-3-1-4-8-13)15-9-12-16-10-5-2-6-11-16/h13H,1-12H2,(H,15,17)/p+1. The van der Waals surface area contributed by atoms with Crippen LogP contribution in [0.1, 0.15) is 51.4 Å². The molecule has 0 spiro atoms. The largest absolute Gasteiger partial charge is 0.350 e. The summed E-state index contributed by atoms with van der Waals surface area (Å²) in [6, 6.07) is 0. The highest BCUT2D eigenvalue weighted by molar-refractivity contribution is 5.78. The third-order valence-corrected chi connectivity index (χ3v) is 4.31. The van der Waals surface area contributed by atoms with Gasteiger partial charge in [0, 0.05) is 5.92 Å². The van der Waals surface area contributed by atoms with E-state index in [9.17, 15) is 4.79 Å². The van der Waals surface area contributed by atoms with Crippen LogP contribution < -0.4 is 10.2 Å². The lowest BCUT2D eigenvalue weighted by molar-refractivity contribution is -0.903. The lowest BCUT2D eigenvalue weighted by Gasteiger charge is -2.24. The zero-order valence-electron chi connectivity index (χ0n) is 11.0. The summed E-state index contributed by atoms with van der Waals surface area (Å²) in [5, 5.41) is 3.14. The van der Waals surface area contributed by atoms with Gasteiger partial charge in [-0.2, -0.15) is 0 Å². The molecule has 3 nitrogen and oxygen atoms in total. The summed E-state index contributed by atoms with van der Waals surface area (Å²) >= 11 is 0. The Morgan fingerprint density at radius 3 is 2.35 bits per heavy atom. The predicted molar refractivity (Wildman–Crippen MR) is 69.0 cm³/mol. The molecule has 1 heterocycles. The van der Waals surface area contributed by atoms with Gasteiger partial charge in [0.1, 0.15) is 0 Å². The topological polar surface area (TPSA) is 33.5 Å². The van der Waals surface area contributed by atoms with Crippen LogP contribution in [0.5, 0.6) is 0 Å². The van der Waals surface area contributed by atoms with Crippen molar-refractivity contribution in [2.75, 3.05) is 26.2 Å². The Labute approximate surface area is 105 Å². The van der Waals surface area contributed by atoms with Gasteiger partial charge < -0.3 is 10.2 Å². The first-order chi connectivity index (χ1) is 8.36. The van der Waals surface area contributed by atoms with Crippen LogP contribution in [-0.4, -0.2) is 32.1 Å². The number of hydrogen-bond acceptors (Lipinski definition) is 1. The van der Waals surface area contributed by atoms with Crippen LogP contribution in [0.3, 0.4) is 0 Å². The quantitative estimate of drug-likeness (QED) is 0.746. The van der Waals surface area contributed by atoms with E-state index in [1.807, 2.05) is 0 Å². The summed E-state index contributed by atoms with van der Waals surface area (Å²) < 4.78 is 0. The van der Waals surface area contributed by atoms with Gasteiger partial charge in [-0.1, -0.05) is 19.3 Å². The average Bonchev–Trinajstić information content (AvgIpc) is 2.41. The average molecular weight is 239 g/mol. The molecule has 0 radical (unpaired) electrons. The predicted octanol–water partition coefficient (Wildman–Crippen LogP) is 0.752. The van der Waals surface area contributed by atoms with Crippen LogP contribution in [0.2, 0.25) is 0 Å². The number of quaternary nitrogens is 1. The molecule has 0 aromatic heterocycles. The van der Waals surface area contributed by atoms with Gasteiger partial charge in [-0.3, -0.25) is 4.79 Å². The number of carbonyl (C=O) groups is 1. The van der Waals surface area contributed by atoms with Crippen molar-refractivity contribution in [2.45, 2.75) is 51.4 Å². The second kappa shape index (κ2) is 7.00. The molecule has 2 fully saturated rings. The first-order valence-electron chi connectivity index (χ1n) is 7.47. The zero-order valence-corrected chi connectivity index (χ0v) is 11.0. The van der Waals surface area contributed by atoms with E-state index >= 15 is 0 Å². The van der Waals surface area contributed by atoms with E-state index in [-0.39, 0.29) is 0 Å². The van der Waals surface area contributed by atoms with Gasteiger partial charge in [0.05, 0.1) is 26.2 Å². The summed E-state index contributed by atoms with van der Waals surface area (Å²) in [7, 11) is 0. The van der Waals surface area contributed by atoms with Crippen LogP contribution >= 0.6 is 0 Å². The molecule has 1 saturated carbocycles. The highest BCUT2D eigenvalue weighted by atomic mass is 16.1. The summed E-state index contributed by atoms with van der Waals surface area (Å²) in [6.45, 7) is 4.61. The third-order valence-electron chi connectivity index (χ3n) is 4.31. The summed E-state index contributed by atoms with van der Waals surface area (Å²) in [6.07, 6.45) is 10.2. The smallest absolute Gasteiger partial charge is 0.223 e. The van der Waals surface area contributed by atoms with Crippen molar-refractivity contribution in [3.05, 3.63) is 0 Å². The van der Waals surface area contributed by atoms with Gasteiger partial charge >= 0.3 is 0 Å². The van der Waals surface area contributed by atoms with E-state index in [0.717, 1.165) is 25.9 Å². The molecular formula is C14H27N2O+. The molecule has 0 aromatic carbocycles. The number of carbonyl (C=O) groups excluding carboxylic acids is 1. The highest BCUT2D eigenvalue weighted by Crippen LogP contribution is 2.23. The molecule has 0 unspecified atom stereocenters. The Balaban J connectivity index is 1.58. The number of likely N-dealkylation sites (tertiary alicyclic amines) is 1. The van der Waals surface area contributed by atoms with Crippen molar-refractivity contribution < 1.29 is 9.69 Å². The van der Waals surface area contributed by atoms with Crippen molar-refractivity contribution in [1.82, 2.24) is 5.32 Å². The third kappa shape index (κ3) is 4.30. The van der Waals surface area contributed by atoms with E-state index in [1.54, 1.807) is 4.90 Å². The summed E-state index contributed by atoms with van der Waals surface area (Å²) in [4.78, 5) is 13.6. The zero-order chi connectivity index (χ0) is 11.9. The second-order valence-corrected chi connectivity index (χ2v) is 5.69. The van der Waals surface area contributed by atoms with Gasteiger partial charge in [0.2, 0.25) is 5.91 Å². The van der Waals surface area contributed by atoms with Crippen molar-refractivity contribution in [3.8, 4) is 0 Å². The number of piperidine rings is 1. The fraction of sp³-hybridized carbons (Fsp3) is 0.929. The maximum absolute atomic E-state index is 11.9. The molecule has 1 aliphatic carbocycles. The maximum atomic E-state index is 11.9. The van der Waals surface area contributed by atoms with Crippen molar-refractivity contribution in [2.24, 2.45) is 5.92 Å². The summed E-state index contributed by atoms with van der Waals surface area (Å²) in [5.41, 5.74) is 0. The van der Waals surface area contributed by atoms with Crippen molar-refractivity contribution >= 4 is 5.91 Å². The Morgan fingerprint density at radius 1 is 1.00 bits per heavy atom. The van der Waals surface area contributed by atoms with Crippen molar-refractivity contribution in [3.63, 3.8) is 0 Å². The number of rotatable bonds is 4. The van der Waals surface area contributed by atoms with E-state index in [0.29, 0.717) is 11.8 Å². The fourth-order valence-corrected chi connectivity index (χ4v) is 3.17. The minimum atomic E-state index is 0.320. The second-order valence-electron chi connectivity index (χ2n) is 5.69. The minimum absolute atomic E-state index is 0.320. The van der Waals surface area contributed by atoms with Crippen LogP contribution in [0.4, 0.5) is 0 Å². The van der Waals surface area contributed by atoms with Gasteiger partial charge in [-0.25, -0.2) is 0 Å². The van der Waals surface area contributed by atoms with Gasteiger partial charge in [0.25, 0.3) is 0 Å². The fourth-order valence-electron chi connectivity index (χ4n) is 3.17. The minimum Gasteiger partial charge on any atom is -0.350 e. The maximum Gasteiger partial charge on any atom is 0.223 e. The molecular weight excluding hydrogens is 212 g/mol. The molecule has 2 rings (SSSR count). The molecule has 17 heavy (non-hydrogen) atoms. The number of amides is 1. The molecule has 0 bridgehead atoms. The van der Waals surface area contributed by atoms with Crippen LogP contribution in [-0.2, 0) is 4.79 Å². The first kappa shape index (κ1) is 12.9. The van der Waals surface area contributed by atoms with Gasteiger partial charge in [0.15, 0.2) is 0 Å². The van der Waals surface area contributed by atoms with E-state index in [4.69, 9.17) is 0 Å².